The molecule has 0 spiro atoms. The van der Waals surface area contributed by atoms with Crippen LogP contribution in [0.4, 0.5) is 11.4 Å². The molecule has 7 nitrogen and oxygen atoms in total. The Balaban J connectivity index is 1.72. The molecule has 3 rings (SSSR count). The fraction of sp³-hybridized carbons (Fsp3) is 0.105. The second-order valence-corrected chi connectivity index (χ2v) is 8.18. The first-order valence-corrected chi connectivity index (χ1v) is 9.94. The van der Waals surface area contributed by atoms with Gasteiger partial charge in [-0.15, -0.1) is 0 Å². The quantitative estimate of drug-likeness (QED) is 0.314. The molecule has 29 heavy (non-hydrogen) atoms. The first-order valence-electron chi connectivity index (χ1n) is 8.34. The van der Waals surface area contributed by atoms with Crippen LogP contribution in [0.25, 0.3) is 6.08 Å². The Bertz CT molecular complexity index is 1020. The monoisotopic (exact) mass is 447 g/mol. The fourth-order valence-corrected chi connectivity index (χ4v) is 4.10. The molecule has 1 atom stereocenters. The van der Waals surface area contributed by atoms with Crippen LogP contribution in [-0.2, 0) is 9.59 Å². The summed E-state index contributed by atoms with van der Waals surface area (Å²) >= 11 is 12.3. The average molecular weight is 448 g/mol. The van der Waals surface area contributed by atoms with Crippen molar-refractivity contribution in [2.24, 2.45) is 0 Å². The van der Waals surface area contributed by atoms with Gasteiger partial charge >= 0.3 is 0 Å². The van der Waals surface area contributed by atoms with Crippen molar-refractivity contribution in [1.29, 1.82) is 0 Å². The van der Waals surface area contributed by atoms with Crippen molar-refractivity contribution in [2.75, 3.05) is 5.32 Å². The van der Waals surface area contributed by atoms with Crippen LogP contribution in [0.5, 0.6) is 0 Å². The van der Waals surface area contributed by atoms with Crippen LogP contribution < -0.4 is 5.32 Å². The van der Waals surface area contributed by atoms with E-state index in [1.807, 2.05) is 0 Å². The normalized spacial score (nSPS) is 16.2. The van der Waals surface area contributed by atoms with Crippen molar-refractivity contribution in [3.63, 3.8) is 0 Å². The predicted octanol–water partition coefficient (Wildman–Crippen LogP) is 4.48. The zero-order chi connectivity index (χ0) is 21.1. The Kier molecular flexibility index (Phi) is 6.31. The number of anilines is 1. The van der Waals surface area contributed by atoms with Gasteiger partial charge in [0.05, 0.1) is 9.83 Å². The predicted molar refractivity (Wildman–Crippen MR) is 118 cm³/mol. The van der Waals surface area contributed by atoms with Gasteiger partial charge in [0.1, 0.15) is 10.4 Å². The molecular weight excluding hydrogens is 434 g/mol. The summed E-state index contributed by atoms with van der Waals surface area (Å²) in [6.45, 7) is 1.57. The van der Waals surface area contributed by atoms with E-state index in [-0.39, 0.29) is 15.9 Å². The fourth-order valence-electron chi connectivity index (χ4n) is 2.55. The number of benzene rings is 2. The summed E-state index contributed by atoms with van der Waals surface area (Å²) in [5.41, 5.74) is 1.09. The molecule has 0 saturated carbocycles. The summed E-state index contributed by atoms with van der Waals surface area (Å²) < 4.78 is 0.279. The van der Waals surface area contributed by atoms with Crippen molar-refractivity contribution in [3.05, 3.63) is 74.1 Å². The number of thioether (sulfide) groups is 1. The Morgan fingerprint density at radius 1 is 1.24 bits per heavy atom. The number of carbonyl (C=O) groups excluding carboxylic acids is 2. The lowest BCUT2D eigenvalue weighted by molar-refractivity contribution is -0.384. The maximum absolute atomic E-state index is 12.8. The van der Waals surface area contributed by atoms with E-state index in [4.69, 9.17) is 23.8 Å². The highest BCUT2D eigenvalue weighted by molar-refractivity contribution is 8.26. The van der Waals surface area contributed by atoms with Crippen LogP contribution >= 0.6 is 35.6 Å². The minimum Gasteiger partial charge on any atom is -0.324 e. The highest BCUT2D eigenvalue weighted by Crippen LogP contribution is 2.34. The zero-order valence-electron chi connectivity index (χ0n) is 15.0. The van der Waals surface area contributed by atoms with E-state index >= 15 is 0 Å². The number of non-ortho nitro benzene ring substituents is 1. The molecule has 2 aromatic carbocycles. The lowest BCUT2D eigenvalue weighted by Gasteiger charge is -2.22. The molecule has 0 aliphatic carbocycles. The zero-order valence-corrected chi connectivity index (χ0v) is 17.4. The van der Waals surface area contributed by atoms with Gasteiger partial charge in [0.25, 0.3) is 11.6 Å². The van der Waals surface area contributed by atoms with Crippen LogP contribution in [0.3, 0.4) is 0 Å². The highest BCUT2D eigenvalue weighted by Gasteiger charge is 2.38. The third-order valence-electron chi connectivity index (χ3n) is 4.10. The third kappa shape index (κ3) is 4.81. The van der Waals surface area contributed by atoms with E-state index in [2.05, 4.69) is 5.32 Å². The van der Waals surface area contributed by atoms with E-state index in [9.17, 15) is 19.7 Å². The minimum atomic E-state index is -0.853. The Morgan fingerprint density at radius 3 is 2.45 bits per heavy atom. The number of hydrogen-bond acceptors (Lipinski definition) is 6. The lowest BCUT2D eigenvalue weighted by atomic mass is 10.2. The largest absolute Gasteiger partial charge is 0.324 e. The number of carbonyl (C=O) groups is 2. The molecule has 1 saturated heterocycles. The molecule has 1 N–H and O–H groups in total. The Morgan fingerprint density at radius 2 is 1.86 bits per heavy atom. The molecule has 2 aromatic rings. The van der Waals surface area contributed by atoms with E-state index in [1.54, 1.807) is 37.3 Å². The van der Waals surface area contributed by atoms with Gasteiger partial charge in [0.15, 0.2) is 0 Å². The number of nitro groups is 1. The Hall–Kier alpha value is -2.75. The van der Waals surface area contributed by atoms with Crippen LogP contribution in [0, 0.1) is 10.1 Å². The molecule has 10 heteroatoms. The lowest BCUT2D eigenvalue weighted by Crippen LogP contribution is -2.44. The van der Waals surface area contributed by atoms with Crippen LogP contribution in [0.1, 0.15) is 12.5 Å². The molecule has 0 radical (unpaired) electrons. The molecule has 0 aromatic heterocycles. The Labute approximate surface area is 180 Å². The third-order valence-corrected chi connectivity index (χ3v) is 5.69. The van der Waals surface area contributed by atoms with E-state index in [0.717, 1.165) is 17.3 Å². The molecule has 1 fully saturated rings. The first kappa shape index (κ1) is 21.0. The topological polar surface area (TPSA) is 92.5 Å². The van der Waals surface area contributed by atoms with Crippen molar-refractivity contribution in [3.8, 4) is 0 Å². The summed E-state index contributed by atoms with van der Waals surface area (Å²) in [7, 11) is 0. The molecule has 2 amide bonds. The van der Waals surface area contributed by atoms with Gasteiger partial charge in [-0.2, -0.15) is 0 Å². The van der Waals surface area contributed by atoms with Gasteiger partial charge in [-0.05, 0) is 42.8 Å². The van der Waals surface area contributed by atoms with Gasteiger partial charge in [0, 0.05) is 22.8 Å². The van der Waals surface area contributed by atoms with E-state index in [1.165, 1.54) is 29.2 Å². The number of nitrogens with zero attached hydrogens (tertiary/aromatic N) is 2. The van der Waals surface area contributed by atoms with E-state index < -0.39 is 16.9 Å². The second-order valence-electron chi connectivity index (χ2n) is 6.07. The van der Waals surface area contributed by atoms with Crippen molar-refractivity contribution in [1.82, 2.24) is 4.90 Å². The van der Waals surface area contributed by atoms with Gasteiger partial charge < -0.3 is 5.32 Å². The highest BCUT2D eigenvalue weighted by atomic mass is 35.5. The van der Waals surface area contributed by atoms with Crippen molar-refractivity contribution >= 4 is 69.2 Å². The van der Waals surface area contributed by atoms with Crippen molar-refractivity contribution < 1.29 is 14.5 Å². The second kappa shape index (κ2) is 8.73. The smallest absolute Gasteiger partial charge is 0.269 e. The molecule has 1 aliphatic rings. The number of nitrogens with one attached hydrogen (secondary N) is 1. The summed E-state index contributed by atoms with van der Waals surface area (Å²) in [4.78, 5) is 37.2. The molecular formula is C19H14ClN3O4S2. The standard InChI is InChI=1S/C19H14ClN3O4S2/c1-11(17(24)21-14-6-8-15(9-7-14)23(26)27)22-18(25)16(29-19(22)28)10-12-2-4-13(20)5-3-12/h2-11H,1H3,(H,21,24)/b16-10-. The molecule has 148 valence electrons. The summed E-state index contributed by atoms with van der Waals surface area (Å²) in [5.74, 6) is -0.816. The summed E-state index contributed by atoms with van der Waals surface area (Å²) in [6.07, 6.45) is 1.69. The molecule has 0 bridgehead atoms. The number of thiocarbonyl (C=S) groups is 1. The number of nitro benzene ring substituents is 1. The number of hydrogen-bond donors (Lipinski definition) is 1. The number of amides is 2. The maximum atomic E-state index is 12.8. The van der Waals surface area contributed by atoms with Crippen molar-refractivity contribution in [2.45, 2.75) is 13.0 Å². The van der Waals surface area contributed by atoms with Gasteiger partial charge in [-0.3, -0.25) is 24.6 Å². The summed E-state index contributed by atoms with van der Waals surface area (Å²) in [6, 6.07) is 11.6. The van der Waals surface area contributed by atoms with Gasteiger partial charge in [-0.1, -0.05) is 47.7 Å². The van der Waals surface area contributed by atoms with Crippen LogP contribution in [0.2, 0.25) is 5.02 Å². The number of halogens is 1. The van der Waals surface area contributed by atoms with Crippen LogP contribution in [0.15, 0.2) is 53.4 Å². The SMILES string of the molecule is CC(C(=O)Nc1ccc([N+](=O)[O-])cc1)N1C(=O)/C(=C/c2ccc(Cl)cc2)SC1=S. The maximum Gasteiger partial charge on any atom is 0.269 e. The molecule has 1 unspecified atom stereocenters. The molecule has 1 heterocycles. The van der Waals surface area contributed by atoms with Crippen LogP contribution in [-0.4, -0.2) is 32.0 Å². The van der Waals surface area contributed by atoms with E-state index in [0.29, 0.717) is 15.6 Å². The average Bonchev–Trinajstić information content (AvgIpc) is 2.96. The first-order chi connectivity index (χ1) is 13.8. The molecule has 1 aliphatic heterocycles. The van der Waals surface area contributed by atoms with Gasteiger partial charge in [-0.25, -0.2) is 0 Å². The van der Waals surface area contributed by atoms with Gasteiger partial charge in [0.2, 0.25) is 5.91 Å². The number of rotatable bonds is 5. The summed E-state index contributed by atoms with van der Waals surface area (Å²) in [5, 5.41) is 13.9. The minimum absolute atomic E-state index is 0.0830.